The summed E-state index contributed by atoms with van der Waals surface area (Å²) in [6.07, 6.45) is 4.56. The van der Waals surface area contributed by atoms with Gasteiger partial charge in [-0.3, -0.25) is 4.79 Å². The Balaban J connectivity index is 2.64. The Morgan fingerprint density at radius 1 is 1.77 bits per heavy atom. The minimum atomic E-state index is -0.0517. The van der Waals surface area contributed by atoms with E-state index in [4.69, 9.17) is 5.73 Å². The molecule has 0 bridgehead atoms. The molecule has 0 aliphatic rings. The van der Waals surface area contributed by atoms with E-state index in [2.05, 4.69) is 4.98 Å². The summed E-state index contributed by atoms with van der Waals surface area (Å²) in [5.74, 6) is 0.505. The van der Waals surface area contributed by atoms with E-state index in [1.807, 2.05) is 6.92 Å². The molecule has 1 aromatic heterocycles. The second-order valence-corrected chi connectivity index (χ2v) is 3.16. The summed E-state index contributed by atoms with van der Waals surface area (Å²) in [7, 11) is 1.80. The molecule has 72 valence electrons. The van der Waals surface area contributed by atoms with E-state index in [1.54, 1.807) is 24.0 Å². The quantitative estimate of drug-likeness (QED) is 0.696. The number of nitrogens with zero attached hydrogens (tertiary/aromatic N) is 2. The first-order valence-corrected chi connectivity index (χ1v) is 4.41. The van der Waals surface area contributed by atoms with E-state index in [9.17, 15) is 4.79 Å². The van der Waals surface area contributed by atoms with Crippen LogP contribution in [0.3, 0.4) is 0 Å². The van der Waals surface area contributed by atoms with Crippen molar-refractivity contribution in [1.82, 2.24) is 9.55 Å². The first-order chi connectivity index (χ1) is 6.15. The highest BCUT2D eigenvalue weighted by molar-refractivity contribution is 5.93. The zero-order valence-electron chi connectivity index (χ0n) is 8.03. The van der Waals surface area contributed by atoms with Crippen molar-refractivity contribution in [1.29, 1.82) is 0 Å². The molecule has 0 aromatic carbocycles. The topological polar surface area (TPSA) is 60.9 Å². The highest BCUT2D eigenvalue weighted by Gasteiger charge is 2.13. The summed E-state index contributed by atoms with van der Waals surface area (Å²) in [6.45, 7) is 1.97. The van der Waals surface area contributed by atoms with Gasteiger partial charge in [0.2, 0.25) is 0 Å². The zero-order chi connectivity index (χ0) is 9.84. The number of aromatic nitrogens is 2. The number of hydrogen-bond acceptors (Lipinski definition) is 3. The second-order valence-electron chi connectivity index (χ2n) is 3.16. The lowest BCUT2D eigenvalue weighted by Crippen LogP contribution is -2.24. The molecule has 1 rings (SSSR count). The van der Waals surface area contributed by atoms with Gasteiger partial charge in [0, 0.05) is 31.9 Å². The van der Waals surface area contributed by atoms with Crippen LogP contribution in [0, 0.1) is 0 Å². The van der Waals surface area contributed by atoms with E-state index in [0.717, 1.165) is 6.42 Å². The average Bonchev–Trinajstić information content (AvgIpc) is 2.51. The smallest absolute Gasteiger partial charge is 0.199 e. The number of aryl methyl sites for hydroxylation is 1. The summed E-state index contributed by atoms with van der Waals surface area (Å²) in [4.78, 5) is 15.5. The predicted octanol–water partition coefficient (Wildman–Crippen LogP) is 0.730. The number of rotatable bonds is 4. The SMILES string of the molecule is CCC(N)CC(=O)c1nccn1C. The summed E-state index contributed by atoms with van der Waals surface area (Å²) in [6, 6.07) is -0.0517. The largest absolute Gasteiger partial charge is 0.332 e. The summed E-state index contributed by atoms with van der Waals surface area (Å²) >= 11 is 0. The molecule has 0 aliphatic carbocycles. The number of Topliss-reactive ketones (excluding diaryl/α,β-unsaturated/α-hetero) is 1. The van der Waals surface area contributed by atoms with Gasteiger partial charge in [0.25, 0.3) is 0 Å². The molecule has 0 spiro atoms. The van der Waals surface area contributed by atoms with E-state index >= 15 is 0 Å². The molecule has 0 aliphatic heterocycles. The maximum absolute atomic E-state index is 11.5. The van der Waals surface area contributed by atoms with Crippen molar-refractivity contribution in [3.63, 3.8) is 0 Å². The zero-order valence-corrected chi connectivity index (χ0v) is 8.03. The molecule has 1 unspecified atom stereocenters. The maximum atomic E-state index is 11.5. The molecule has 4 heteroatoms. The van der Waals surface area contributed by atoms with Crippen molar-refractivity contribution in [2.45, 2.75) is 25.8 Å². The van der Waals surface area contributed by atoms with Crippen molar-refractivity contribution in [3.8, 4) is 0 Å². The Hall–Kier alpha value is -1.16. The van der Waals surface area contributed by atoms with E-state index < -0.39 is 0 Å². The summed E-state index contributed by atoms with van der Waals surface area (Å²) < 4.78 is 1.71. The van der Waals surface area contributed by atoms with Crippen molar-refractivity contribution in [2.75, 3.05) is 0 Å². The monoisotopic (exact) mass is 181 g/mol. The van der Waals surface area contributed by atoms with Crippen LogP contribution in [0.1, 0.15) is 30.4 Å². The van der Waals surface area contributed by atoms with Gasteiger partial charge < -0.3 is 10.3 Å². The fourth-order valence-electron chi connectivity index (χ4n) is 1.11. The lowest BCUT2D eigenvalue weighted by atomic mass is 10.1. The van der Waals surface area contributed by atoms with Crippen LogP contribution in [-0.2, 0) is 7.05 Å². The molecule has 4 nitrogen and oxygen atoms in total. The lowest BCUT2D eigenvalue weighted by molar-refractivity contribution is 0.0961. The Bertz CT molecular complexity index is 293. The third-order valence-electron chi connectivity index (χ3n) is 2.04. The Morgan fingerprint density at radius 2 is 2.46 bits per heavy atom. The molecule has 0 radical (unpaired) electrons. The van der Waals surface area contributed by atoms with Crippen LogP contribution in [0.25, 0.3) is 0 Å². The van der Waals surface area contributed by atoms with Gasteiger partial charge in [-0.15, -0.1) is 0 Å². The number of carbonyl (C=O) groups excluding carboxylic acids is 1. The number of nitrogens with two attached hydrogens (primary N) is 1. The molecule has 0 fully saturated rings. The molecule has 1 heterocycles. The standard InChI is InChI=1S/C9H15N3O/c1-3-7(10)6-8(13)9-11-4-5-12(9)2/h4-5,7H,3,6,10H2,1-2H3. The Kier molecular flexibility index (Phi) is 3.19. The first-order valence-electron chi connectivity index (χ1n) is 4.41. The molecule has 0 saturated carbocycles. The summed E-state index contributed by atoms with van der Waals surface area (Å²) in [5.41, 5.74) is 5.67. The molecule has 2 N–H and O–H groups in total. The molecule has 1 aromatic rings. The number of carbonyl (C=O) groups is 1. The number of hydrogen-bond donors (Lipinski definition) is 1. The number of imidazole rings is 1. The van der Waals surface area contributed by atoms with Gasteiger partial charge in [0.1, 0.15) is 0 Å². The second kappa shape index (κ2) is 4.18. The van der Waals surface area contributed by atoms with Gasteiger partial charge in [0.15, 0.2) is 11.6 Å². The minimum Gasteiger partial charge on any atom is -0.332 e. The first kappa shape index (κ1) is 9.92. The van der Waals surface area contributed by atoms with E-state index in [1.165, 1.54) is 0 Å². The summed E-state index contributed by atoms with van der Waals surface area (Å²) in [5, 5.41) is 0. The van der Waals surface area contributed by atoms with Crippen LogP contribution in [-0.4, -0.2) is 21.4 Å². The van der Waals surface area contributed by atoms with Gasteiger partial charge in [-0.2, -0.15) is 0 Å². The predicted molar refractivity (Wildman–Crippen MR) is 50.4 cm³/mol. The normalized spacial score (nSPS) is 12.8. The third kappa shape index (κ3) is 2.39. The number of ketones is 1. The van der Waals surface area contributed by atoms with Crippen LogP contribution in [0.4, 0.5) is 0 Å². The van der Waals surface area contributed by atoms with Gasteiger partial charge in [0.05, 0.1) is 0 Å². The van der Waals surface area contributed by atoms with Crippen LogP contribution < -0.4 is 5.73 Å². The highest BCUT2D eigenvalue weighted by atomic mass is 16.1. The molecule has 0 saturated heterocycles. The molecule has 13 heavy (non-hydrogen) atoms. The van der Waals surface area contributed by atoms with Gasteiger partial charge in [-0.25, -0.2) is 4.98 Å². The minimum absolute atomic E-state index is 0.0156. The Morgan fingerprint density at radius 3 is 2.92 bits per heavy atom. The van der Waals surface area contributed by atoms with Gasteiger partial charge in [-0.1, -0.05) is 6.92 Å². The maximum Gasteiger partial charge on any atom is 0.199 e. The molecular formula is C9H15N3O. The van der Waals surface area contributed by atoms with Crippen molar-refractivity contribution in [3.05, 3.63) is 18.2 Å². The third-order valence-corrected chi connectivity index (χ3v) is 2.04. The van der Waals surface area contributed by atoms with E-state index in [-0.39, 0.29) is 11.8 Å². The van der Waals surface area contributed by atoms with Gasteiger partial charge >= 0.3 is 0 Å². The Labute approximate surface area is 77.8 Å². The van der Waals surface area contributed by atoms with Crippen molar-refractivity contribution in [2.24, 2.45) is 12.8 Å². The van der Waals surface area contributed by atoms with Gasteiger partial charge in [-0.05, 0) is 6.42 Å². The highest BCUT2D eigenvalue weighted by Crippen LogP contribution is 2.03. The fraction of sp³-hybridized carbons (Fsp3) is 0.556. The van der Waals surface area contributed by atoms with Crippen LogP contribution in [0.15, 0.2) is 12.4 Å². The van der Waals surface area contributed by atoms with Crippen molar-refractivity contribution < 1.29 is 4.79 Å². The average molecular weight is 181 g/mol. The van der Waals surface area contributed by atoms with Crippen molar-refractivity contribution >= 4 is 5.78 Å². The molecular weight excluding hydrogens is 166 g/mol. The lowest BCUT2D eigenvalue weighted by Gasteiger charge is -2.06. The molecule has 1 atom stereocenters. The van der Waals surface area contributed by atoms with Crippen LogP contribution in [0.2, 0.25) is 0 Å². The molecule has 0 amide bonds. The van der Waals surface area contributed by atoms with E-state index in [0.29, 0.717) is 12.2 Å². The van der Waals surface area contributed by atoms with Crippen LogP contribution >= 0.6 is 0 Å². The fourth-order valence-corrected chi connectivity index (χ4v) is 1.11. The van der Waals surface area contributed by atoms with Crippen LogP contribution in [0.5, 0.6) is 0 Å².